The van der Waals surface area contributed by atoms with Gasteiger partial charge in [0.2, 0.25) is 0 Å². The van der Waals surface area contributed by atoms with E-state index in [1.807, 2.05) is 23.1 Å². The Balaban J connectivity index is 1.49. The zero-order chi connectivity index (χ0) is 25.5. The topological polar surface area (TPSA) is 78.9 Å². The maximum atomic E-state index is 13.8. The number of hydrogen-bond acceptors (Lipinski definition) is 4. The van der Waals surface area contributed by atoms with Gasteiger partial charge in [-0.15, -0.1) is 13.2 Å². The molecule has 0 bridgehead atoms. The fourth-order valence-corrected chi connectivity index (χ4v) is 6.36. The number of aliphatic carboxylic acids is 1. The van der Waals surface area contributed by atoms with Crippen molar-refractivity contribution < 1.29 is 32.6 Å². The van der Waals surface area contributed by atoms with Crippen molar-refractivity contribution in [1.82, 2.24) is 5.32 Å². The number of benzene rings is 2. The SMILES string of the molecule is O=C(O)CCCN[C@]1(C2CC2)c2ccccc2N(C(=O)c2ccc(OC(F)(F)F)cc2)[C@@H]2CCC[C@@H]21. The molecule has 0 aromatic heterocycles. The lowest BCUT2D eigenvalue weighted by atomic mass is 9.67. The molecule has 2 aromatic rings. The van der Waals surface area contributed by atoms with E-state index in [1.165, 1.54) is 24.3 Å². The molecule has 2 fully saturated rings. The Morgan fingerprint density at radius 1 is 1.06 bits per heavy atom. The quantitative estimate of drug-likeness (QED) is 0.468. The highest BCUT2D eigenvalue weighted by Gasteiger charge is 2.59. The Morgan fingerprint density at radius 2 is 1.78 bits per heavy atom. The molecule has 3 atom stereocenters. The Hall–Kier alpha value is -3.07. The van der Waals surface area contributed by atoms with Crippen LogP contribution in [0.25, 0.3) is 0 Å². The lowest BCUT2D eigenvalue weighted by Gasteiger charge is -2.52. The van der Waals surface area contributed by atoms with E-state index in [0.717, 1.165) is 43.4 Å². The van der Waals surface area contributed by atoms with Crippen LogP contribution in [-0.2, 0) is 10.3 Å². The van der Waals surface area contributed by atoms with E-state index in [0.29, 0.717) is 24.4 Å². The van der Waals surface area contributed by atoms with Gasteiger partial charge in [0, 0.05) is 29.6 Å². The van der Waals surface area contributed by atoms with Gasteiger partial charge in [0.15, 0.2) is 0 Å². The summed E-state index contributed by atoms with van der Waals surface area (Å²) < 4.78 is 41.7. The summed E-state index contributed by atoms with van der Waals surface area (Å²) in [5, 5.41) is 12.9. The van der Waals surface area contributed by atoms with E-state index >= 15 is 0 Å². The number of anilines is 1. The molecule has 0 unspecified atom stereocenters. The molecule has 1 amide bonds. The first-order valence-corrected chi connectivity index (χ1v) is 12.5. The van der Waals surface area contributed by atoms with Gasteiger partial charge in [-0.05, 0) is 80.5 Å². The van der Waals surface area contributed by atoms with Gasteiger partial charge in [-0.25, -0.2) is 0 Å². The zero-order valence-corrected chi connectivity index (χ0v) is 19.8. The van der Waals surface area contributed by atoms with Crippen LogP contribution in [0.2, 0.25) is 0 Å². The maximum absolute atomic E-state index is 13.8. The molecule has 9 heteroatoms. The number of rotatable bonds is 8. The highest BCUT2D eigenvalue weighted by molar-refractivity contribution is 6.07. The largest absolute Gasteiger partial charge is 0.573 e. The van der Waals surface area contributed by atoms with Crippen LogP contribution in [0.4, 0.5) is 18.9 Å². The first-order valence-electron chi connectivity index (χ1n) is 12.5. The molecule has 0 radical (unpaired) electrons. The summed E-state index contributed by atoms with van der Waals surface area (Å²) in [6, 6.07) is 12.9. The smallest absolute Gasteiger partial charge is 0.481 e. The molecule has 1 heterocycles. The minimum Gasteiger partial charge on any atom is -0.481 e. The number of para-hydroxylation sites is 1. The van der Waals surface area contributed by atoms with Crippen molar-refractivity contribution in [3.05, 3.63) is 59.7 Å². The summed E-state index contributed by atoms with van der Waals surface area (Å²) in [4.78, 5) is 26.7. The van der Waals surface area contributed by atoms with Crippen molar-refractivity contribution in [3.8, 4) is 5.75 Å². The third-order valence-corrected chi connectivity index (χ3v) is 7.77. The Kier molecular flexibility index (Phi) is 6.44. The second-order valence-corrected chi connectivity index (χ2v) is 9.94. The number of carboxylic acids is 1. The van der Waals surface area contributed by atoms with Gasteiger partial charge in [0.25, 0.3) is 5.91 Å². The number of hydrogen-bond donors (Lipinski definition) is 2. The predicted octanol–water partition coefficient (Wildman–Crippen LogP) is 5.47. The van der Waals surface area contributed by atoms with Gasteiger partial charge in [-0.2, -0.15) is 0 Å². The second kappa shape index (κ2) is 9.42. The monoisotopic (exact) mass is 502 g/mol. The van der Waals surface area contributed by atoms with Crippen molar-refractivity contribution in [2.45, 2.75) is 62.9 Å². The maximum Gasteiger partial charge on any atom is 0.573 e. The Morgan fingerprint density at radius 3 is 2.44 bits per heavy atom. The molecule has 36 heavy (non-hydrogen) atoms. The minimum atomic E-state index is -4.79. The first kappa shape index (κ1) is 24.6. The molecule has 5 rings (SSSR count). The molecular formula is C27H29F3N2O4. The summed E-state index contributed by atoms with van der Waals surface area (Å²) in [6.07, 6.45) is 0.750. The van der Waals surface area contributed by atoms with E-state index in [9.17, 15) is 22.8 Å². The van der Waals surface area contributed by atoms with Crippen LogP contribution in [0.15, 0.2) is 48.5 Å². The molecule has 192 valence electrons. The number of carboxylic acid groups (broad SMARTS) is 1. The molecule has 2 aliphatic carbocycles. The Bertz CT molecular complexity index is 1130. The van der Waals surface area contributed by atoms with Crippen molar-refractivity contribution in [2.24, 2.45) is 11.8 Å². The van der Waals surface area contributed by atoms with Crippen LogP contribution >= 0.6 is 0 Å². The van der Waals surface area contributed by atoms with Crippen molar-refractivity contribution in [3.63, 3.8) is 0 Å². The van der Waals surface area contributed by atoms with Crippen molar-refractivity contribution >= 4 is 17.6 Å². The molecule has 6 nitrogen and oxygen atoms in total. The summed E-state index contributed by atoms with van der Waals surface area (Å²) in [6.45, 7) is 0.578. The molecule has 2 aromatic carbocycles. The molecule has 1 aliphatic heterocycles. The van der Waals surface area contributed by atoms with Gasteiger partial charge in [0.1, 0.15) is 5.75 Å². The summed E-state index contributed by atoms with van der Waals surface area (Å²) in [5.74, 6) is -0.835. The average Bonchev–Trinajstić information content (AvgIpc) is 3.57. The zero-order valence-electron chi connectivity index (χ0n) is 19.8. The number of alkyl halides is 3. The third kappa shape index (κ3) is 4.56. The van der Waals surface area contributed by atoms with Crippen LogP contribution in [0.1, 0.15) is 60.9 Å². The summed E-state index contributed by atoms with van der Waals surface area (Å²) in [7, 11) is 0. The summed E-state index contributed by atoms with van der Waals surface area (Å²) >= 11 is 0. The van der Waals surface area contributed by atoms with E-state index in [1.54, 1.807) is 0 Å². The highest BCUT2D eigenvalue weighted by atomic mass is 19.4. The van der Waals surface area contributed by atoms with E-state index < -0.39 is 12.3 Å². The van der Waals surface area contributed by atoms with Crippen LogP contribution < -0.4 is 15.0 Å². The highest BCUT2D eigenvalue weighted by Crippen LogP contribution is 2.60. The van der Waals surface area contributed by atoms with Gasteiger partial charge in [0.05, 0.1) is 5.54 Å². The fourth-order valence-electron chi connectivity index (χ4n) is 6.36. The van der Waals surface area contributed by atoms with Gasteiger partial charge in [-0.1, -0.05) is 24.6 Å². The number of carbonyl (C=O) groups excluding carboxylic acids is 1. The predicted molar refractivity (Wildman–Crippen MR) is 127 cm³/mol. The standard InChI is InChI=1S/C27H29F3N2O4/c28-27(29,30)36-19-14-10-17(11-15-19)25(35)32-22-7-2-1-5-20(22)26(18-12-13-18,21-6-3-8-23(21)32)31-16-4-9-24(33)34/h1-2,5,7,10-11,14-15,18,21,23,31H,3-4,6,8-9,12-13,16H2,(H,33,34)/t21-,23+,26+/m0/s1. The normalized spacial score (nSPS) is 25.2. The van der Waals surface area contributed by atoms with E-state index in [4.69, 9.17) is 5.11 Å². The third-order valence-electron chi connectivity index (χ3n) is 7.77. The number of nitrogens with one attached hydrogen (secondary N) is 1. The van der Waals surface area contributed by atoms with Crippen LogP contribution in [0, 0.1) is 11.8 Å². The Labute approximate surface area is 207 Å². The van der Waals surface area contributed by atoms with E-state index in [2.05, 4.69) is 16.1 Å². The number of carbonyl (C=O) groups is 2. The molecule has 0 spiro atoms. The lowest BCUT2D eigenvalue weighted by molar-refractivity contribution is -0.274. The van der Waals surface area contributed by atoms with Gasteiger partial charge < -0.3 is 20.1 Å². The van der Waals surface area contributed by atoms with Crippen LogP contribution in [0.3, 0.4) is 0 Å². The fraction of sp³-hybridized carbons (Fsp3) is 0.481. The second-order valence-electron chi connectivity index (χ2n) is 9.94. The van der Waals surface area contributed by atoms with Crippen molar-refractivity contribution in [1.29, 1.82) is 0 Å². The molecule has 0 saturated heterocycles. The van der Waals surface area contributed by atoms with Crippen LogP contribution in [0.5, 0.6) is 5.75 Å². The number of halogens is 3. The van der Waals surface area contributed by atoms with Gasteiger partial charge in [-0.3, -0.25) is 9.59 Å². The number of nitrogens with zero attached hydrogens (tertiary/aromatic N) is 1. The van der Waals surface area contributed by atoms with Gasteiger partial charge >= 0.3 is 12.3 Å². The number of ether oxygens (including phenoxy) is 1. The van der Waals surface area contributed by atoms with Crippen LogP contribution in [-0.4, -0.2) is 35.9 Å². The summed E-state index contributed by atoms with van der Waals surface area (Å²) in [5.41, 5.74) is 1.85. The lowest BCUT2D eigenvalue weighted by Crippen LogP contribution is -2.61. The van der Waals surface area contributed by atoms with E-state index in [-0.39, 0.29) is 35.6 Å². The van der Waals surface area contributed by atoms with Crippen molar-refractivity contribution in [2.75, 3.05) is 11.4 Å². The molecule has 3 aliphatic rings. The number of fused-ring (bicyclic) bond motifs is 2. The first-order chi connectivity index (χ1) is 17.2. The number of amides is 1. The average molecular weight is 503 g/mol. The molecule has 2 saturated carbocycles. The molecular weight excluding hydrogens is 473 g/mol. The molecule has 2 N–H and O–H groups in total. The minimum absolute atomic E-state index is 0.0499.